The fourth-order valence-corrected chi connectivity index (χ4v) is 2.31. The number of methoxy groups -OCH3 is 1. The van der Waals surface area contributed by atoms with E-state index in [-0.39, 0.29) is 24.0 Å². The smallest absolute Gasteiger partial charge is 0.188 e. The summed E-state index contributed by atoms with van der Waals surface area (Å²) in [5.74, 6) is 1.26. The Morgan fingerprint density at radius 1 is 1.29 bits per heavy atom. The Morgan fingerprint density at radius 2 is 2.08 bits per heavy atom. The first kappa shape index (κ1) is 20.1. The fraction of sp³-hybridized carbons (Fsp3) is 0.353. The molecule has 2 aromatic rings. The van der Waals surface area contributed by atoms with E-state index in [1.807, 2.05) is 32.0 Å². The number of nitrogens with one attached hydrogen (secondary N) is 1. The molecule has 0 aromatic carbocycles. The molecule has 2 heterocycles. The van der Waals surface area contributed by atoms with Gasteiger partial charge >= 0.3 is 0 Å². The first-order valence-electron chi connectivity index (χ1n) is 7.54. The molecule has 0 atom stereocenters. The third-order valence-corrected chi connectivity index (χ3v) is 3.56. The summed E-state index contributed by atoms with van der Waals surface area (Å²) in [6, 6.07) is 5.86. The van der Waals surface area contributed by atoms with Crippen LogP contribution in [-0.4, -0.2) is 29.6 Å². The van der Waals surface area contributed by atoms with Gasteiger partial charge in [-0.3, -0.25) is 9.97 Å². The number of nitrogens with zero attached hydrogens (tertiary/aromatic N) is 3. The van der Waals surface area contributed by atoms with Gasteiger partial charge in [-0.05, 0) is 26.0 Å². The molecular formula is C17H24IN5O. The van der Waals surface area contributed by atoms with Gasteiger partial charge in [-0.1, -0.05) is 6.07 Å². The number of aromatic nitrogens is 2. The number of ether oxygens (including phenoxy) is 1. The summed E-state index contributed by atoms with van der Waals surface area (Å²) < 4.78 is 5.39. The minimum Gasteiger partial charge on any atom is -0.496 e. The largest absolute Gasteiger partial charge is 0.496 e. The van der Waals surface area contributed by atoms with Crippen LogP contribution in [0.3, 0.4) is 0 Å². The molecule has 0 unspecified atom stereocenters. The van der Waals surface area contributed by atoms with Crippen molar-refractivity contribution in [1.82, 2.24) is 15.3 Å². The maximum atomic E-state index is 5.90. The molecule has 2 rings (SSSR count). The monoisotopic (exact) mass is 441 g/mol. The zero-order valence-corrected chi connectivity index (χ0v) is 16.6. The molecule has 0 amide bonds. The lowest BCUT2D eigenvalue weighted by molar-refractivity contribution is 0.407. The van der Waals surface area contributed by atoms with Crippen LogP contribution in [0.25, 0.3) is 0 Å². The van der Waals surface area contributed by atoms with Crippen molar-refractivity contribution in [2.24, 2.45) is 10.7 Å². The first-order chi connectivity index (χ1) is 11.1. The molecule has 0 spiro atoms. The zero-order chi connectivity index (χ0) is 16.7. The van der Waals surface area contributed by atoms with E-state index >= 15 is 0 Å². The molecule has 0 aliphatic heterocycles. The van der Waals surface area contributed by atoms with E-state index in [4.69, 9.17) is 10.5 Å². The van der Waals surface area contributed by atoms with E-state index in [1.54, 1.807) is 19.5 Å². The quantitative estimate of drug-likeness (QED) is 0.409. The van der Waals surface area contributed by atoms with Crippen LogP contribution in [0.1, 0.15) is 22.5 Å². The summed E-state index contributed by atoms with van der Waals surface area (Å²) in [6.45, 7) is 5.06. The Kier molecular flexibility index (Phi) is 8.45. The lowest BCUT2D eigenvalue weighted by Gasteiger charge is -2.11. The number of aryl methyl sites for hydroxylation is 1. The molecule has 3 N–H and O–H groups in total. The van der Waals surface area contributed by atoms with Crippen LogP contribution >= 0.6 is 24.0 Å². The zero-order valence-electron chi connectivity index (χ0n) is 14.2. The average Bonchev–Trinajstić information content (AvgIpc) is 2.55. The number of pyridine rings is 2. The fourth-order valence-electron chi connectivity index (χ4n) is 2.31. The van der Waals surface area contributed by atoms with Crippen molar-refractivity contribution in [2.45, 2.75) is 26.8 Å². The standard InChI is InChI=1S/C17H23N5O.HI/c1-12-10-21-15(13(2)16(12)23-3)11-22-17(18)20-9-7-14-6-4-5-8-19-14;/h4-6,8,10H,7,9,11H2,1-3H3,(H3,18,20,22);1H. The highest BCUT2D eigenvalue weighted by Gasteiger charge is 2.08. The van der Waals surface area contributed by atoms with Gasteiger partial charge in [-0.2, -0.15) is 0 Å². The summed E-state index contributed by atoms with van der Waals surface area (Å²) in [7, 11) is 1.66. The number of nitrogens with two attached hydrogens (primary N) is 1. The van der Waals surface area contributed by atoms with Gasteiger partial charge in [-0.25, -0.2) is 4.99 Å². The van der Waals surface area contributed by atoms with Gasteiger partial charge in [0, 0.05) is 42.2 Å². The van der Waals surface area contributed by atoms with E-state index in [1.165, 1.54) is 0 Å². The Bertz CT molecular complexity index is 676. The Balaban J connectivity index is 0.00000288. The molecule has 0 saturated heterocycles. The minimum atomic E-state index is 0. The van der Waals surface area contributed by atoms with Gasteiger partial charge in [-0.15, -0.1) is 24.0 Å². The number of rotatable bonds is 6. The van der Waals surface area contributed by atoms with Crippen molar-refractivity contribution in [1.29, 1.82) is 0 Å². The van der Waals surface area contributed by atoms with Gasteiger partial charge < -0.3 is 15.8 Å². The van der Waals surface area contributed by atoms with Crippen LogP contribution < -0.4 is 15.8 Å². The van der Waals surface area contributed by atoms with Crippen molar-refractivity contribution in [3.05, 3.63) is 53.1 Å². The number of aliphatic imine (C=N–C) groups is 1. The predicted molar refractivity (Wildman–Crippen MR) is 107 cm³/mol. The summed E-state index contributed by atoms with van der Waals surface area (Å²) in [5.41, 5.74) is 9.79. The molecule has 0 aliphatic rings. The van der Waals surface area contributed by atoms with Crippen molar-refractivity contribution < 1.29 is 4.74 Å². The van der Waals surface area contributed by atoms with E-state index in [0.717, 1.165) is 34.7 Å². The summed E-state index contributed by atoms with van der Waals surface area (Å²) >= 11 is 0. The van der Waals surface area contributed by atoms with E-state index in [2.05, 4.69) is 20.3 Å². The van der Waals surface area contributed by atoms with Crippen molar-refractivity contribution in [3.8, 4) is 5.75 Å². The lowest BCUT2D eigenvalue weighted by Crippen LogP contribution is -2.33. The molecule has 0 aliphatic carbocycles. The van der Waals surface area contributed by atoms with Crippen molar-refractivity contribution in [2.75, 3.05) is 13.7 Å². The molecule has 130 valence electrons. The normalized spacial score (nSPS) is 10.9. The van der Waals surface area contributed by atoms with Crippen molar-refractivity contribution >= 4 is 29.9 Å². The Hall–Kier alpha value is -1.90. The summed E-state index contributed by atoms with van der Waals surface area (Å²) in [4.78, 5) is 13.0. The number of hydrogen-bond acceptors (Lipinski definition) is 4. The SMILES string of the molecule is COc1c(C)cnc(CN=C(N)NCCc2ccccn2)c1C.I. The Morgan fingerprint density at radius 3 is 2.75 bits per heavy atom. The van der Waals surface area contributed by atoms with Crippen LogP contribution in [0.2, 0.25) is 0 Å². The van der Waals surface area contributed by atoms with Gasteiger partial charge in [0.25, 0.3) is 0 Å². The third kappa shape index (κ3) is 5.63. The molecular weight excluding hydrogens is 417 g/mol. The topological polar surface area (TPSA) is 85.4 Å². The second-order valence-corrected chi connectivity index (χ2v) is 5.25. The van der Waals surface area contributed by atoms with Crippen LogP contribution in [-0.2, 0) is 13.0 Å². The molecule has 2 aromatic heterocycles. The van der Waals surface area contributed by atoms with Gasteiger partial charge in [0.05, 0.1) is 19.3 Å². The molecule has 0 fully saturated rings. The average molecular weight is 441 g/mol. The third-order valence-electron chi connectivity index (χ3n) is 3.56. The lowest BCUT2D eigenvalue weighted by atomic mass is 10.1. The molecule has 6 nitrogen and oxygen atoms in total. The highest BCUT2D eigenvalue weighted by atomic mass is 127. The Labute approximate surface area is 160 Å². The molecule has 0 radical (unpaired) electrons. The van der Waals surface area contributed by atoms with Gasteiger partial charge in [0.15, 0.2) is 5.96 Å². The maximum absolute atomic E-state index is 5.90. The van der Waals surface area contributed by atoms with E-state index in [9.17, 15) is 0 Å². The highest BCUT2D eigenvalue weighted by Crippen LogP contribution is 2.24. The van der Waals surface area contributed by atoms with E-state index in [0.29, 0.717) is 19.0 Å². The second-order valence-electron chi connectivity index (χ2n) is 5.25. The van der Waals surface area contributed by atoms with Crippen LogP contribution in [0.4, 0.5) is 0 Å². The highest BCUT2D eigenvalue weighted by molar-refractivity contribution is 14.0. The minimum absolute atomic E-state index is 0. The van der Waals surface area contributed by atoms with Crippen LogP contribution in [0.5, 0.6) is 5.75 Å². The second kappa shape index (κ2) is 10.1. The first-order valence-corrected chi connectivity index (χ1v) is 7.54. The summed E-state index contributed by atoms with van der Waals surface area (Å²) in [6.07, 6.45) is 4.38. The molecule has 0 saturated carbocycles. The van der Waals surface area contributed by atoms with Crippen LogP contribution in [0.15, 0.2) is 35.6 Å². The molecule has 24 heavy (non-hydrogen) atoms. The number of hydrogen-bond donors (Lipinski definition) is 2. The van der Waals surface area contributed by atoms with Gasteiger partial charge in [0.2, 0.25) is 0 Å². The number of guanidine groups is 1. The van der Waals surface area contributed by atoms with Crippen molar-refractivity contribution in [3.63, 3.8) is 0 Å². The van der Waals surface area contributed by atoms with Crippen LogP contribution in [0, 0.1) is 13.8 Å². The summed E-state index contributed by atoms with van der Waals surface area (Å²) in [5, 5.41) is 3.09. The predicted octanol–water partition coefficient (Wildman–Crippen LogP) is 2.37. The number of halogens is 1. The maximum Gasteiger partial charge on any atom is 0.188 e. The van der Waals surface area contributed by atoms with Gasteiger partial charge in [0.1, 0.15) is 5.75 Å². The molecule has 0 bridgehead atoms. The van der Waals surface area contributed by atoms with E-state index < -0.39 is 0 Å². The molecule has 7 heteroatoms.